The van der Waals surface area contributed by atoms with Gasteiger partial charge in [0.05, 0.1) is 24.2 Å². The number of carbonyl (C=O) groups excluding carboxylic acids is 1. The molecule has 2 heterocycles. The highest BCUT2D eigenvalue weighted by Crippen LogP contribution is 2.20. The van der Waals surface area contributed by atoms with Crippen molar-refractivity contribution in [3.8, 4) is 11.3 Å². The van der Waals surface area contributed by atoms with Crippen LogP contribution >= 0.6 is 0 Å². The van der Waals surface area contributed by atoms with E-state index >= 15 is 0 Å². The molecule has 28 heavy (non-hydrogen) atoms. The summed E-state index contributed by atoms with van der Waals surface area (Å²) in [7, 11) is 0. The third kappa shape index (κ3) is 4.28. The van der Waals surface area contributed by atoms with Gasteiger partial charge in [0, 0.05) is 36.3 Å². The number of nitrogens with one attached hydrogen (secondary N) is 1. The zero-order chi connectivity index (χ0) is 19.3. The number of aliphatic hydroxyl groups is 1. The minimum absolute atomic E-state index is 0.138. The maximum absolute atomic E-state index is 12.5. The number of pyridine rings is 1. The number of rotatable bonds is 5. The summed E-state index contributed by atoms with van der Waals surface area (Å²) in [5, 5.41) is 13.0. The summed E-state index contributed by atoms with van der Waals surface area (Å²) < 4.78 is 1.99. The van der Waals surface area contributed by atoms with Gasteiger partial charge in [-0.2, -0.15) is 0 Å². The lowest BCUT2D eigenvalue weighted by molar-refractivity contribution is 0.0717. The Morgan fingerprint density at radius 2 is 1.96 bits per heavy atom. The number of amides is 1. The van der Waals surface area contributed by atoms with Crippen LogP contribution in [0.1, 0.15) is 41.6 Å². The standard InChI is InChI=1S/C22H24N4O2/c27-21-4-2-1-3-20(21)25-22(28)18-8-6-17(7-9-18)19-10-5-16(13-24-19)14-26-12-11-23-15-26/h5-13,15,20-21,27H,1-4,14H2,(H,25,28)/t20-,21-/m0/s1. The normalized spacial score (nSPS) is 19.3. The predicted octanol–water partition coefficient (Wildman–Crippen LogP) is 3.03. The molecule has 2 atom stereocenters. The third-order valence-corrected chi connectivity index (χ3v) is 5.24. The van der Waals surface area contributed by atoms with Crippen LogP contribution < -0.4 is 5.32 Å². The average molecular weight is 376 g/mol. The zero-order valence-electron chi connectivity index (χ0n) is 15.7. The number of benzene rings is 1. The second kappa shape index (κ2) is 8.35. The van der Waals surface area contributed by atoms with Crippen molar-refractivity contribution in [3.63, 3.8) is 0 Å². The van der Waals surface area contributed by atoms with Crippen molar-refractivity contribution in [2.24, 2.45) is 0 Å². The molecule has 1 aliphatic carbocycles. The summed E-state index contributed by atoms with van der Waals surface area (Å²) in [6.45, 7) is 0.736. The fourth-order valence-electron chi connectivity index (χ4n) is 3.60. The molecular formula is C22H24N4O2. The lowest BCUT2D eigenvalue weighted by Gasteiger charge is -2.28. The largest absolute Gasteiger partial charge is 0.391 e. The molecule has 4 rings (SSSR count). The Morgan fingerprint density at radius 1 is 1.14 bits per heavy atom. The highest BCUT2D eigenvalue weighted by Gasteiger charge is 2.24. The van der Waals surface area contributed by atoms with Crippen molar-refractivity contribution in [1.82, 2.24) is 19.9 Å². The van der Waals surface area contributed by atoms with Crippen molar-refractivity contribution in [2.45, 2.75) is 44.4 Å². The molecule has 6 nitrogen and oxygen atoms in total. The zero-order valence-corrected chi connectivity index (χ0v) is 15.7. The Kier molecular flexibility index (Phi) is 5.48. The molecule has 1 aliphatic rings. The minimum Gasteiger partial charge on any atom is -0.391 e. The van der Waals surface area contributed by atoms with Crippen molar-refractivity contribution >= 4 is 5.91 Å². The summed E-state index contributed by atoms with van der Waals surface area (Å²) in [5.41, 5.74) is 3.52. The Bertz CT molecular complexity index is 905. The van der Waals surface area contributed by atoms with Gasteiger partial charge in [-0.3, -0.25) is 9.78 Å². The number of aliphatic hydroxyl groups excluding tert-OH is 1. The molecule has 6 heteroatoms. The van der Waals surface area contributed by atoms with Crippen LogP contribution in [0.4, 0.5) is 0 Å². The minimum atomic E-state index is -0.443. The van der Waals surface area contributed by atoms with E-state index in [1.54, 1.807) is 24.7 Å². The van der Waals surface area contributed by atoms with Gasteiger partial charge < -0.3 is 15.0 Å². The van der Waals surface area contributed by atoms with Gasteiger partial charge in [0.15, 0.2) is 0 Å². The molecule has 0 radical (unpaired) electrons. The van der Waals surface area contributed by atoms with E-state index in [0.29, 0.717) is 5.56 Å². The second-order valence-corrected chi connectivity index (χ2v) is 7.30. The predicted molar refractivity (Wildman–Crippen MR) is 107 cm³/mol. The van der Waals surface area contributed by atoms with Gasteiger partial charge >= 0.3 is 0 Å². The van der Waals surface area contributed by atoms with Gasteiger partial charge in [-0.25, -0.2) is 4.98 Å². The first kappa shape index (κ1) is 18.4. The summed E-state index contributed by atoms with van der Waals surface area (Å²) in [6.07, 6.45) is 10.5. The molecule has 1 saturated carbocycles. The molecule has 1 fully saturated rings. The molecular weight excluding hydrogens is 352 g/mol. The van der Waals surface area contributed by atoms with E-state index in [1.807, 2.05) is 41.2 Å². The molecule has 2 N–H and O–H groups in total. The van der Waals surface area contributed by atoms with Crippen LogP contribution in [0, 0.1) is 0 Å². The van der Waals surface area contributed by atoms with Gasteiger partial charge in [0.1, 0.15) is 0 Å². The highest BCUT2D eigenvalue weighted by atomic mass is 16.3. The van der Waals surface area contributed by atoms with Crippen LogP contribution in [-0.4, -0.2) is 37.7 Å². The number of nitrogens with zero attached hydrogens (tertiary/aromatic N) is 3. The van der Waals surface area contributed by atoms with Crippen LogP contribution in [0.3, 0.4) is 0 Å². The van der Waals surface area contributed by atoms with E-state index in [4.69, 9.17) is 0 Å². The smallest absolute Gasteiger partial charge is 0.251 e. The summed E-state index contributed by atoms with van der Waals surface area (Å²) >= 11 is 0. The van der Waals surface area contributed by atoms with Gasteiger partial charge in [0.25, 0.3) is 5.91 Å². The Hall–Kier alpha value is -2.99. The van der Waals surface area contributed by atoms with Crippen molar-refractivity contribution in [2.75, 3.05) is 0 Å². The van der Waals surface area contributed by atoms with E-state index in [1.165, 1.54) is 0 Å². The van der Waals surface area contributed by atoms with Crippen molar-refractivity contribution in [1.29, 1.82) is 0 Å². The average Bonchev–Trinajstić information content (AvgIpc) is 3.23. The topological polar surface area (TPSA) is 80.0 Å². The van der Waals surface area contributed by atoms with Crippen LogP contribution in [0.15, 0.2) is 61.3 Å². The summed E-state index contributed by atoms with van der Waals surface area (Å²) in [5.74, 6) is -0.138. The van der Waals surface area contributed by atoms with Gasteiger partial charge in [0.2, 0.25) is 0 Å². The summed E-state index contributed by atoms with van der Waals surface area (Å²) in [4.78, 5) is 21.0. The van der Waals surface area contributed by atoms with E-state index in [9.17, 15) is 9.90 Å². The van der Waals surface area contributed by atoms with Crippen molar-refractivity contribution in [3.05, 3.63) is 72.4 Å². The second-order valence-electron chi connectivity index (χ2n) is 7.30. The van der Waals surface area contributed by atoms with Gasteiger partial charge in [-0.05, 0) is 36.6 Å². The quantitative estimate of drug-likeness (QED) is 0.717. The lowest BCUT2D eigenvalue weighted by Crippen LogP contribution is -2.45. The SMILES string of the molecule is O=C(N[C@H]1CCCC[C@@H]1O)c1ccc(-c2ccc(Cn3ccnc3)cn2)cc1. The van der Waals surface area contributed by atoms with Crippen molar-refractivity contribution < 1.29 is 9.90 Å². The Morgan fingerprint density at radius 3 is 2.64 bits per heavy atom. The molecule has 3 aromatic rings. The first-order valence-corrected chi connectivity index (χ1v) is 9.69. The van der Waals surface area contributed by atoms with Gasteiger partial charge in [-0.1, -0.05) is 31.0 Å². The number of imidazole rings is 1. The van der Waals surface area contributed by atoms with Crippen LogP contribution in [0.25, 0.3) is 11.3 Å². The molecule has 0 unspecified atom stereocenters. The monoisotopic (exact) mass is 376 g/mol. The Labute approximate surface area is 164 Å². The highest BCUT2D eigenvalue weighted by molar-refractivity contribution is 5.94. The van der Waals surface area contributed by atoms with E-state index in [0.717, 1.165) is 49.0 Å². The summed E-state index contributed by atoms with van der Waals surface area (Å²) in [6, 6.07) is 11.3. The third-order valence-electron chi connectivity index (χ3n) is 5.24. The molecule has 0 aliphatic heterocycles. The van der Waals surface area contributed by atoms with Crippen LogP contribution in [-0.2, 0) is 6.54 Å². The van der Waals surface area contributed by atoms with E-state index in [2.05, 4.69) is 15.3 Å². The fraction of sp³-hybridized carbons (Fsp3) is 0.318. The van der Waals surface area contributed by atoms with Gasteiger partial charge in [-0.15, -0.1) is 0 Å². The first-order chi connectivity index (χ1) is 13.7. The fourth-order valence-corrected chi connectivity index (χ4v) is 3.60. The molecule has 0 saturated heterocycles. The number of hydrogen-bond acceptors (Lipinski definition) is 4. The van der Waals surface area contributed by atoms with E-state index < -0.39 is 6.10 Å². The molecule has 1 aromatic carbocycles. The Balaban J connectivity index is 1.40. The maximum Gasteiger partial charge on any atom is 0.251 e. The molecule has 144 valence electrons. The molecule has 0 spiro atoms. The van der Waals surface area contributed by atoms with Crippen LogP contribution in [0.2, 0.25) is 0 Å². The molecule has 0 bridgehead atoms. The van der Waals surface area contributed by atoms with E-state index in [-0.39, 0.29) is 11.9 Å². The number of hydrogen-bond donors (Lipinski definition) is 2. The first-order valence-electron chi connectivity index (χ1n) is 9.69. The number of carbonyl (C=O) groups is 1. The van der Waals surface area contributed by atoms with Crippen LogP contribution in [0.5, 0.6) is 0 Å². The maximum atomic E-state index is 12.5. The lowest BCUT2D eigenvalue weighted by atomic mass is 9.92. The molecule has 1 amide bonds. The molecule has 2 aromatic heterocycles. The number of aromatic nitrogens is 3.